The Morgan fingerprint density at radius 3 is 2.59 bits per heavy atom. The molecule has 0 spiro atoms. The van der Waals surface area contributed by atoms with E-state index >= 15 is 0 Å². The molecule has 238 valence electrons. The zero-order chi connectivity index (χ0) is 32.6. The standard InChI is InChI=1S/C34H32ClN3O6S2/c1-4-6-18-43-24-14-11-21(12-15-24)30(39)28-29(22-13-16-26(44-17-5-2)27(19-22)42-3)38(32(41)31(28)40)33-36-37-34(46-33)45-20-23-9-7-8-10-25(23)35/h5,7-16,19,29,39H,2,4,6,17-18,20H2,1,3H3/b30-28-. The summed E-state index contributed by atoms with van der Waals surface area (Å²) in [6.45, 7) is 6.59. The summed E-state index contributed by atoms with van der Waals surface area (Å²) in [4.78, 5) is 28.6. The Labute approximate surface area is 280 Å². The second kappa shape index (κ2) is 15.3. The van der Waals surface area contributed by atoms with Crippen LogP contribution in [-0.4, -0.2) is 47.3 Å². The maximum atomic E-state index is 13.7. The van der Waals surface area contributed by atoms with Crippen molar-refractivity contribution in [2.45, 2.75) is 35.9 Å². The molecule has 1 aliphatic heterocycles. The van der Waals surface area contributed by atoms with Crippen molar-refractivity contribution in [2.75, 3.05) is 25.2 Å². The molecule has 12 heteroatoms. The molecule has 1 amide bonds. The monoisotopic (exact) mass is 677 g/mol. The highest BCUT2D eigenvalue weighted by Crippen LogP contribution is 2.46. The Morgan fingerprint density at radius 1 is 1.09 bits per heavy atom. The van der Waals surface area contributed by atoms with E-state index in [1.165, 1.54) is 35.1 Å². The number of aliphatic hydroxyl groups excluding tert-OH is 1. The lowest BCUT2D eigenvalue weighted by Gasteiger charge is -2.23. The molecule has 0 saturated carbocycles. The minimum atomic E-state index is -1.03. The lowest BCUT2D eigenvalue weighted by Crippen LogP contribution is -2.29. The molecule has 1 aromatic heterocycles. The number of rotatable bonds is 14. The van der Waals surface area contributed by atoms with Gasteiger partial charge in [-0.1, -0.05) is 85.0 Å². The third kappa shape index (κ3) is 7.22. The summed E-state index contributed by atoms with van der Waals surface area (Å²) in [5.74, 6) is 0.000864. The second-order valence-corrected chi connectivity index (χ2v) is 12.7. The third-order valence-corrected chi connectivity index (χ3v) is 9.58. The fourth-order valence-electron chi connectivity index (χ4n) is 4.78. The van der Waals surface area contributed by atoms with Gasteiger partial charge in [-0.15, -0.1) is 10.2 Å². The highest BCUT2D eigenvalue weighted by atomic mass is 35.5. The number of carbonyl (C=O) groups excluding carboxylic acids is 2. The number of aliphatic hydroxyl groups is 1. The fraction of sp³-hybridized carbons (Fsp3) is 0.235. The zero-order valence-corrected chi connectivity index (χ0v) is 27.7. The van der Waals surface area contributed by atoms with Crippen molar-refractivity contribution in [3.05, 3.63) is 107 Å². The Bertz CT molecular complexity index is 1760. The van der Waals surface area contributed by atoms with Crippen molar-refractivity contribution in [3.8, 4) is 17.2 Å². The van der Waals surface area contributed by atoms with E-state index in [2.05, 4.69) is 23.7 Å². The Hall–Kier alpha value is -4.32. The molecule has 1 unspecified atom stereocenters. The fourth-order valence-corrected chi connectivity index (χ4v) is 6.93. The van der Waals surface area contributed by atoms with Crippen molar-refractivity contribution in [1.82, 2.24) is 10.2 Å². The van der Waals surface area contributed by atoms with E-state index in [1.54, 1.807) is 48.5 Å². The number of ketones is 1. The van der Waals surface area contributed by atoms with E-state index in [0.29, 0.717) is 50.1 Å². The van der Waals surface area contributed by atoms with Gasteiger partial charge in [-0.3, -0.25) is 14.5 Å². The molecule has 0 bridgehead atoms. The molecule has 0 radical (unpaired) electrons. The zero-order valence-electron chi connectivity index (χ0n) is 25.3. The SMILES string of the molecule is C=CCOc1ccc(C2/C(=C(/O)c3ccc(OCCCC)cc3)C(=O)C(=O)N2c2nnc(SCc3ccccc3Cl)s2)cc1OC. The van der Waals surface area contributed by atoms with Crippen LogP contribution in [0.25, 0.3) is 5.76 Å². The average molecular weight is 678 g/mol. The quantitative estimate of drug-likeness (QED) is 0.0271. The highest BCUT2D eigenvalue weighted by Gasteiger charge is 2.48. The van der Waals surface area contributed by atoms with Gasteiger partial charge in [0.15, 0.2) is 15.8 Å². The number of methoxy groups -OCH3 is 1. The lowest BCUT2D eigenvalue weighted by atomic mass is 9.95. The first-order chi connectivity index (χ1) is 22.4. The predicted molar refractivity (Wildman–Crippen MR) is 181 cm³/mol. The summed E-state index contributed by atoms with van der Waals surface area (Å²) in [6, 6.07) is 18.3. The summed E-state index contributed by atoms with van der Waals surface area (Å²) >= 11 is 8.90. The summed E-state index contributed by atoms with van der Waals surface area (Å²) in [5.41, 5.74) is 1.70. The number of carbonyl (C=O) groups is 2. The van der Waals surface area contributed by atoms with Crippen molar-refractivity contribution < 1.29 is 28.9 Å². The molecule has 5 rings (SSSR count). The van der Waals surface area contributed by atoms with Gasteiger partial charge in [-0.2, -0.15) is 0 Å². The maximum absolute atomic E-state index is 13.7. The number of aromatic nitrogens is 2. The third-order valence-electron chi connectivity index (χ3n) is 7.11. The van der Waals surface area contributed by atoms with Crippen molar-refractivity contribution in [2.24, 2.45) is 0 Å². The van der Waals surface area contributed by atoms with Crippen LogP contribution < -0.4 is 19.1 Å². The lowest BCUT2D eigenvalue weighted by molar-refractivity contribution is -0.132. The molecule has 9 nitrogen and oxygen atoms in total. The average Bonchev–Trinajstić information content (AvgIpc) is 3.65. The molecule has 3 aromatic carbocycles. The highest BCUT2D eigenvalue weighted by molar-refractivity contribution is 8.00. The molecular weight excluding hydrogens is 646 g/mol. The van der Waals surface area contributed by atoms with Crippen LogP contribution in [-0.2, 0) is 15.3 Å². The number of nitrogens with zero attached hydrogens (tertiary/aromatic N) is 3. The number of hydrogen-bond donors (Lipinski definition) is 1. The normalized spacial score (nSPS) is 15.6. The van der Waals surface area contributed by atoms with Crippen molar-refractivity contribution in [3.63, 3.8) is 0 Å². The molecule has 1 saturated heterocycles. The number of amides is 1. The molecule has 4 aromatic rings. The number of thioether (sulfide) groups is 1. The summed E-state index contributed by atoms with van der Waals surface area (Å²) in [5, 5.41) is 21.0. The van der Waals surface area contributed by atoms with Crippen molar-refractivity contribution in [1.29, 1.82) is 0 Å². The van der Waals surface area contributed by atoms with Crippen LogP contribution >= 0.6 is 34.7 Å². The minimum absolute atomic E-state index is 0.0908. The Kier molecular flexibility index (Phi) is 11.0. The van der Waals surface area contributed by atoms with Gasteiger partial charge in [0, 0.05) is 16.3 Å². The minimum Gasteiger partial charge on any atom is -0.507 e. The largest absolute Gasteiger partial charge is 0.507 e. The summed E-state index contributed by atoms with van der Waals surface area (Å²) in [7, 11) is 1.49. The van der Waals surface area contributed by atoms with Crippen LogP contribution in [0.1, 0.15) is 42.5 Å². The van der Waals surface area contributed by atoms with Gasteiger partial charge < -0.3 is 19.3 Å². The first-order valence-corrected chi connectivity index (χ1v) is 16.7. The predicted octanol–water partition coefficient (Wildman–Crippen LogP) is 7.86. The van der Waals surface area contributed by atoms with Gasteiger partial charge in [0.2, 0.25) is 5.13 Å². The smallest absolute Gasteiger partial charge is 0.301 e. The number of Topliss-reactive ketones (excluding diaryl/α,β-unsaturated/α-hetero) is 1. The van der Waals surface area contributed by atoms with Crippen LogP contribution in [0.5, 0.6) is 17.2 Å². The number of benzene rings is 3. The molecule has 2 heterocycles. The van der Waals surface area contributed by atoms with Gasteiger partial charge in [-0.05, 0) is 60.0 Å². The Balaban J connectivity index is 1.54. The van der Waals surface area contributed by atoms with Crippen LogP contribution in [0.3, 0.4) is 0 Å². The van der Waals surface area contributed by atoms with Gasteiger partial charge in [0.1, 0.15) is 18.1 Å². The summed E-state index contributed by atoms with van der Waals surface area (Å²) < 4.78 is 17.6. The number of anilines is 1. The maximum Gasteiger partial charge on any atom is 0.301 e. The van der Waals surface area contributed by atoms with Gasteiger partial charge in [0.05, 0.1) is 25.3 Å². The van der Waals surface area contributed by atoms with Crippen LogP contribution in [0.4, 0.5) is 5.13 Å². The summed E-state index contributed by atoms with van der Waals surface area (Å²) in [6.07, 6.45) is 3.53. The van der Waals surface area contributed by atoms with Crippen LogP contribution in [0.15, 0.2) is 89.3 Å². The van der Waals surface area contributed by atoms with Crippen LogP contribution in [0.2, 0.25) is 5.02 Å². The first-order valence-electron chi connectivity index (χ1n) is 14.5. The van der Waals surface area contributed by atoms with Crippen molar-refractivity contribution >= 4 is 57.3 Å². The van der Waals surface area contributed by atoms with Gasteiger partial charge in [0.25, 0.3) is 5.78 Å². The molecule has 1 atom stereocenters. The van der Waals surface area contributed by atoms with E-state index < -0.39 is 17.7 Å². The molecule has 1 fully saturated rings. The molecule has 0 aliphatic carbocycles. The second-order valence-electron chi connectivity index (χ2n) is 10.1. The molecular formula is C34H32ClN3O6S2. The van der Waals surface area contributed by atoms with E-state index in [-0.39, 0.29) is 23.1 Å². The van der Waals surface area contributed by atoms with Crippen LogP contribution in [0, 0.1) is 0 Å². The van der Waals surface area contributed by atoms with Gasteiger partial charge in [-0.25, -0.2) is 0 Å². The molecule has 46 heavy (non-hydrogen) atoms. The number of unbranched alkanes of at least 4 members (excludes halogenated alkanes) is 1. The van der Waals surface area contributed by atoms with E-state index in [4.69, 9.17) is 25.8 Å². The van der Waals surface area contributed by atoms with E-state index in [9.17, 15) is 14.7 Å². The number of ether oxygens (including phenoxy) is 3. The Morgan fingerprint density at radius 2 is 1.87 bits per heavy atom. The first kappa shape index (κ1) is 33.1. The van der Waals surface area contributed by atoms with Gasteiger partial charge >= 0.3 is 5.91 Å². The molecule has 1 aliphatic rings. The number of halogens is 1. The number of hydrogen-bond acceptors (Lipinski definition) is 10. The van der Waals surface area contributed by atoms with E-state index in [0.717, 1.165) is 18.4 Å². The topological polar surface area (TPSA) is 111 Å². The van der Waals surface area contributed by atoms with E-state index in [1.807, 2.05) is 24.3 Å². The molecule has 1 N–H and O–H groups in total.